The first kappa shape index (κ1) is 11.5. The third kappa shape index (κ3) is 2.35. The molecule has 0 N–H and O–H groups in total. The summed E-state index contributed by atoms with van der Waals surface area (Å²) < 4.78 is 1.06. The zero-order valence-corrected chi connectivity index (χ0v) is 11.7. The Labute approximate surface area is 112 Å². The number of hydrogen-bond donors (Lipinski definition) is 0. The maximum Gasteiger partial charge on any atom is 0.128 e. The van der Waals surface area contributed by atoms with Crippen LogP contribution in [0, 0.1) is 5.41 Å². The first-order chi connectivity index (χ1) is 8.27. The number of halogens is 1. The van der Waals surface area contributed by atoms with Gasteiger partial charge in [-0.1, -0.05) is 12.8 Å². The Morgan fingerprint density at radius 3 is 2.35 bits per heavy atom. The fourth-order valence-electron chi connectivity index (χ4n) is 3.39. The third-order valence-electron chi connectivity index (χ3n) is 4.52. The summed E-state index contributed by atoms with van der Waals surface area (Å²) in [7, 11) is 0. The van der Waals surface area contributed by atoms with Crippen LogP contribution >= 0.6 is 15.9 Å². The first-order valence-corrected chi connectivity index (χ1v) is 7.43. The minimum Gasteiger partial charge on any atom is -0.357 e. The van der Waals surface area contributed by atoms with Crippen molar-refractivity contribution in [2.45, 2.75) is 38.5 Å². The second-order valence-electron chi connectivity index (χ2n) is 5.53. The van der Waals surface area contributed by atoms with Crippen molar-refractivity contribution in [3.05, 3.63) is 22.8 Å². The number of pyridine rings is 1. The van der Waals surface area contributed by atoms with Crippen molar-refractivity contribution in [3.8, 4) is 0 Å². The van der Waals surface area contributed by atoms with E-state index in [9.17, 15) is 0 Å². The first-order valence-electron chi connectivity index (χ1n) is 6.64. The molecule has 0 bridgehead atoms. The molecule has 1 aromatic heterocycles. The van der Waals surface area contributed by atoms with Crippen LogP contribution < -0.4 is 4.90 Å². The molecule has 1 spiro atoms. The van der Waals surface area contributed by atoms with Crippen LogP contribution in [-0.4, -0.2) is 18.1 Å². The molecule has 2 heterocycles. The van der Waals surface area contributed by atoms with Crippen LogP contribution in [0.1, 0.15) is 38.5 Å². The average Bonchev–Trinajstić information content (AvgIpc) is 2.80. The van der Waals surface area contributed by atoms with E-state index in [1.807, 2.05) is 6.20 Å². The van der Waals surface area contributed by atoms with Gasteiger partial charge in [0.15, 0.2) is 0 Å². The average molecular weight is 295 g/mol. The summed E-state index contributed by atoms with van der Waals surface area (Å²) >= 11 is 3.44. The second-order valence-corrected chi connectivity index (χ2v) is 6.44. The number of anilines is 1. The van der Waals surface area contributed by atoms with Gasteiger partial charge in [-0.25, -0.2) is 4.98 Å². The van der Waals surface area contributed by atoms with Gasteiger partial charge in [0.25, 0.3) is 0 Å². The van der Waals surface area contributed by atoms with Crippen LogP contribution in [0.15, 0.2) is 22.8 Å². The Morgan fingerprint density at radius 2 is 1.76 bits per heavy atom. The summed E-state index contributed by atoms with van der Waals surface area (Å²) in [4.78, 5) is 6.94. The van der Waals surface area contributed by atoms with E-state index in [4.69, 9.17) is 0 Å². The number of piperidine rings is 1. The zero-order chi connectivity index (χ0) is 11.7. The summed E-state index contributed by atoms with van der Waals surface area (Å²) in [6.45, 7) is 2.38. The van der Waals surface area contributed by atoms with Crippen molar-refractivity contribution in [1.82, 2.24) is 4.98 Å². The molecule has 0 atom stereocenters. The van der Waals surface area contributed by atoms with E-state index >= 15 is 0 Å². The molecule has 1 saturated heterocycles. The van der Waals surface area contributed by atoms with Gasteiger partial charge >= 0.3 is 0 Å². The van der Waals surface area contributed by atoms with Gasteiger partial charge in [0.05, 0.1) is 0 Å². The number of hydrogen-bond acceptors (Lipinski definition) is 2. The molecular weight excluding hydrogens is 276 g/mol. The van der Waals surface area contributed by atoms with Crippen LogP contribution in [0.25, 0.3) is 0 Å². The van der Waals surface area contributed by atoms with Crippen molar-refractivity contribution < 1.29 is 0 Å². The molecular formula is C14H19BrN2. The third-order valence-corrected chi connectivity index (χ3v) is 4.99. The predicted molar refractivity (Wildman–Crippen MR) is 74.3 cm³/mol. The molecule has 1 aromatic rings. The molecule has 3 rings (SSSR count). The van der Waals surface area contributed by atoms with E-state index in [0.717, 1.165) is 10.3 Å². The Morgan fingerprint density at radius 1 is 1.06 bits per heavy atom. The Balaban J connectivity index is 1.66. The van der Waals surface area contributed by atoms with Crippen LogP contribution in [0.2, 0.25) is 0 Å². The largest absolute Gasteiger partial charge is 0.357 e. The van der Waals surface area contributed by atoms with E-state index in [0.29, 0.717) is 5.41 Å². The fourth-order valence-corrected chi connectivity index (χ4v) is 3.62. The summed E-state index contributed by atoms with van der Waals surface area (Å²) in [6, 6.07) is 4.21. The minimum absolute atomic E-state index is 0.700. The van der Waals surface area contributed by atoms with Crippen molar-refractivity contribution >= 4 is 21.7 Å². The molecule has 92 valence electrons. The van der Waals surface area contributed by atoms with Crippen LogP contribution in [-0.2, 0) is 0 Å². The maximum absolute atomic E-state index is 4.50. The number of rotatable bonds is 1. The zero-order valence-electron chi connectivity index (χ0n) is 10.2. The van der Waals surface area contributed by atoms with E-state index in [1.165, 1.54) is 51.6 Å². The standard InChI is InChI=1S/C14H19BrN2/c15-12-3-4-13(16-11-12)17-9-7-14(8-10-17)5-1-2-6-14/h3-4,11H,1-2,5-10H2. The summed E-state index contributed by atoms with van der Waals surface area (Å²) in [6.07, 6.45) is 10.5. The maximum atomic E-state index is 4.50. The molecule has 0 aromatic carbocycles. The van der Waals surface area contributed by atoms with Gasteiger partial charge < -0.3 is 4.90 Å². The van der Waals surface area contributed by atoms with Crippen molar-refractivity contribution in [2.75, 3.05) is 18.0 Å². The van der Waals surface area contributed by atoms with Crippen molar-refractivity contribution in [3.63, 3.8) is 0 Å². The lowest BCUT2D eigenvalue weighted by Gasteiger charge is -2.40. The monoisotopic (exact) mass is 294 g/mol. The molecule has 3 heteroatoms. The highest BCUT2D eigenvalue weighted by atomic mass is 79.9. The van der Waals surface area contributed by atoms with E-state index in [2.05, 4.69) is 37.9 Å². The molecule has 0 unspecified atom stereocenters. The highest BCUT2D eigenvalue weighted by molar-refractivity contribution is 9.10. The quantitative estimate of drug-likeness (QED) is 0.778. The van der Waals surface area contributed by atoms with Crippen molar-refractivity contribution in [2.24, 2.45) is 5.41 Å². The number of aromatic nitrogens is 1. The lowest BCUT2D eigenvalue weighted by Crippen LogP contribution is -2.39. The summed E-state index contributed by atoms with van der Waals surface area (Å²) in [5.74, 6) is 1.14. The predicted octanol–water partition coefficient (Wildman–Crippen LogP) is 4.00. The highest BCUT2D eigenvalue weighted by Crippen LogP contribution is 2.46. The second kappa shape index (κ2) is 4.60. The van der Waals surface area contributed by atoms with E-state index in [-0.39, 0.29) is 0 Å². The van der Waals surface area contributed by atoms with Gasteiger partial charge in [0.2, 0.25) is 0 Å². The molecule has 2 fully saturated rings. The molecule has 2 nitrogen and oxygen atoms in total. The summed E-state index contributed by atoms with van der Waals surface area (Å²) in [5, 5.41) is 0. The van der Waals surface area contributed by atoms with Gasteiger partial charge in [0, 0.05) is 23.8 Å². The number of nitrogens with zero attached hydrogens (tertiary/aromatic N) is 2. The fraction of sp³-hybridized carbons (Fsp3) is 0.643. The van der Waals surface area contributed by atoms with E-state index in [1.54, 1.807) is 0 Å². The van der Waals surface area contributed by atoms with Gasteiger partial charge in [0.1, 0.15) is 5.82 Å². The lowest BCUT2D eigenvalue weighted by molar-refractivity contribution is 0.226. The molecule has 0 amide bonds. The lowest BCUT2D eigenvalue weighted by atomic mass is 9.77. The molecule has 17 heavy (non-hydrogen) atoms. The van der Waals surface area contributed by atoms with Crippen molar-refractivity contribution in [1.29, 1.82) is 0 Å². The Hall–Kier alpha value is -0.570. The Kier molecular flexibility index (Phi) is 3.12. The van der Waals surface area contributed by atoms with Gasteiger partial charge in [-0.05, 0) is 59.2 Å². The van der Waals surface area contributed by atoms with Crippen LogP contribution in [0.5, 0.6) is 0 Å². The smallest absolute Gasteiger partial charge is 0.128 e. The van der Waals surface area contributed by atoms with Crippen LogP contribution in [0.4, 0.5) is 5.82 Å². The molecule has 1 aliphatic heterocycles. The SMILES string of the molecule is Brc1ccc(N2CCC3(CCCC3)CC2)nc1. The van der Waals surface area contributed by atoms with E-state index < -0.39 is 0 Å². The normalized spacial score (nSPS) is 23.2. The molecule has 2 aliphatic rings. The molecule has 0 radical (unpaired) electrons. The molecule has 1 aliphatic carbocycles. The van der Waals surface area contributed by atoms with Crippen LogP contribution in [0.3, 0.4) is 0 Å². The molecule has 1 saturated carbocycles. The summed E-state index contributed by atoms with van der Waals surface area (Å²) in [5.41, 5.74) is 0.700. The topological polar surface area (TPSA) is 16.1 Å². The van der Waals surface area contributed by atoms with Gasteiger partial charge in [-0.2, -0.15) is 0 Å². The highest BCUT2D eigenvalue weighted by Gasteiger charge is 2.36. The van der Waals surface area contributed by atoms with Gasteiger partial charge in [-0.3, -0.25) is 0 Å². The van der Waals surface area contributed by atoms with Gasteiger partial charge in [-0.15, -0.1) is 0 Å². The Bertz CT molecular complexity index is 372. The minimum atomic E-state index is 0.700.